The van der Waals surface area contributed by atoms with Crippen LogP contribution < -0.4 is 10.2 Å². The number of amides is 3. The summed E-state index contributed by atoms with van der Waals surface area (Å²) in [7, 11) is 0. The van der Waals surface area contributed by atoms with Gasteiger partial charge in [0.2, 0.25) is 11.8 Å². The lowest BCUT2D eigenvalue weighted by Crippen LogP contribution is -2.35. The number of imide groups is 1. The highest BCUT2D eigenvalue weighted by Gasteiger charge is 2.48. The zero-order valence-corrected chi connectivity index (χ0v) is 19.3. The lowest BCUT2D eigenvalue weighted by Gasteiger charge is -2.20. The van der Waals surface area contributed by atoms with E-state index >= 15 is 0 Å². The smallest absolute Gasteiger partial charge is 0.251 e. The van der Waals surface area contributed by atoms with Gasteiger partial charge in [-0.05, 0) is 49.9 Å². The van der Waals surface area contributed by atoms with E-state index in [-0.39, 0.29) is 35.6 Å². The fourth-order valence-corrected chi connectivity index (χ4v) is 5.75. The molecule has 0 spiro atoms. The summed E-state index contributed by atoms with van der Waals surface area (Å²) in [5, 5.41) is 3.25. The molecule has 1 N–H and O–H groups in total. The van der Waals surface area contributed by atoms with Crippen molar-refractivity contribution in [2.75, 3.05) is 4.90 Å². The predicted molar refractivity (Wildman–Crippen MR) is 126 cm³/mol. The number of carbonyl (C=O) groups is 3. The van der Waals surface area contributed by atoms with E-state index in [1.807, 2.05) is 0 Å². The molecule has 1 heterocycles. The van der Waals surface area contributed by atoms with Crippen molar-refractivity contribution < 1.29 is 14.4 Å². The first-order chi connectivity index (χ1) is 15.6. The van der Waals surface area contributed by atoms with Crippen LogP contribution in [0, 0.1) is 11.8 Å². The van der Waals surface area contributed by atoms with Gasteiger partial charge in [-0.15, -0.1) is 0 Å². The van der Waals surface area contributed by atoms with E-state index in [9.17, 15) is 14.4 Å². The molecule has 5 heteroatoms. The summed E-state index contributed by atoms with van der Waals surface area (Å²) in [6, 6.07) is 7.24. The largest absolute Gasteiger partial charge is 0.349 e. The third-order valence-corrected chi connectivity index (χ3v) is 7.67. The fraction of sp³-hybridized carbons (Fsp3) is 0.667. The number of hydrogen-bond donors (Lipinski definition) is 1. The van der Waals surface area contributed by atoms with Crippen molar-refractivity contribution in [3.8, 4) is 0 Å². The van der Waals surface area contributed by atoms with Gasteiger partial charge >= 0.3 is 0 Å². The number of rotatable bonds is 3. The van der Waals surface area contributed by atoms with Gasteiger partial charge in [-0.1, -0.05) is 70.6 Å². The molecule has 2 aliphatic carbocycles. The Balaban J connectivity index is 1.37. The van der Waals surface area contributed by atoms with Gasteiger partial charge in [0.05, 0.1) is 17.5 Å². The molecular weight excluding hydrogens is 400 g/mol. The minimum atomic E-state index is -0.152. The summed E-state index contributed by atoms with van der Waals surface area (Å²) in [6.45, 7) is 0. The minimum absolute atomic E-state index is 0.0543. The molecule has 5 nitrogen and oxygen atoms in total. The molecule has 3 aliphatic rings. The number of benzene rings is 1. The van der Waals surface area contributed by atoms with Crippen molar-refractivity contribution in [3.63, 3.8) is 0 Å². The molecule has 0 radical (unpaired) electrons. The molecule has 174 valence electrons. The van der Waals surface area contributed by atoms with Crippen molar-refractivity contribution >= 4 is 23.4 Å². The lowest BCUT2D eigenvalue weighted by atomic mass is 9.81. The van der Waals surface area contributed by atoms with Gasteiger partial charge in [-0.3, -0.25) is 19.3 Å². The van der Waals surface area contributed by atoms with Crippen LogP contribution in [0.4, 0.5) is 5.69 Å². The van der Waals surface area contributed by atoms with Crippen molar-refractivity contribution in [2.24, 2.45) is 11.8 Å². The third kappa shape index (κ3) is 5.41. The summed E-state index contributed by atoms with van der Waals surface area (Å²) >= 11 is 0. The molecule has 1 aromatic rings. The number of hydrogen-bond acceptors (Lipinski definition) is 3. The van der Waals surface area contributed by atoms with E-state index in [1.165, 1.54) is 62.7 Å². The Morgan fingerprint density at radius 1 is 0.656 bits per heavy atom. The van der Waals surface area contributed by atoms with Gasteiger partial charge < -0.3 is 5.32 Å². The fourth-order valence-electron chi connectivity index (χ4n) is 5.75. The van der Waals surface area contributed by atoms with Gasteiger partial charge in [0.1, 0.15) is 0 Å². The summed E-state index contributed by atoms with van der Waals surface area (Å²) in [5.74, 6) is -0.489. The number of nitrogens with zero attached hydrogens (tertiary/aromatic N) is 1. The summed E-state index contributed by atoms with van der Waals surface area (Å²) in [6.07, 6.45) is 17.3. The van der Waals surface area contributed by atoms with Gasteiger partial charge in [0.15, 0.2) is 0 Å². The summed E-state index contributed by atoms with van der Waals surface area (Å²) < 4.78 is 0. The van der Waals surface area contributed by atoms with Crippen LogP contribution in [0.1, 0.15) is 107 Å². The third-order valence-electron chi connectivity index (χ3n) is 7.67. The molecule has 1 aromatic carbocycles. The Bertz CT molecular complexity index is 768. The van der Waals surface area contributed by atoms with Crippen molar-refractivity contribution in [3.05, 3.63) is 29.8 Å². The maximum Gasteiger partial charge on any atom is 0.251 e. The Labute approximate surface area is 192 Å². The van der Waals surface area contributed by atoms with E-state index < -0.39 is 0 Å². The molecule has 0 aromatic heterocycles. The van der Waals surface area contributed by atoms with Gasteiger partial charge in [-0.2, -0.15) is 0 Å². The van der Waals surface area contributed by atoms with Crippen LogP contribution in [0.3, 0.4) is 0 Å². The second-order valence-electron chi connectivity index (χ2n) is 9.99. The Hall–Kier alpha value is -2.17. The topological polar surface area (TPSA) is 66.5 Å². The van der Waals surface area contributed by atoms with E-state index in [4.69, 9.17) is 0 Å². The standard InChI is InChI=1S/C27H38N2O3/c30-25(28-21-12-8-6-4-2-1-3-5-7-9-13-21)20-16-18-22(19-17-20)29-26(31)23-14-10-11-15-24(23)27(29)32/h16-19,21,23-24H,1-15H2,(H,28,30). The first-order valence-electron chi connectivity index (χ1n) is 12.9. The molecule has 0 bridgehead atoms. The van der Waals surface area contributed by atoms with Gasteiger partial charge in [0.25, 0.3) is 5.91 Å². The Kier molecular flexibility index (Phi) is 7.99. The van der Waals surface area contributed by atoms with Crippen LogP contribution in [0.25, 0.3) is 0 Å². The number of carbonyl (C=O) groups excluding carboxylic acids is 3. The Morgan fingerprint density at radius 3 is 1.59 bits per heavy atom. The second-order valence-corrected chi connectivity index (χ2v) is 9.99. The molecule has 2 atom stereocenters. The maximum absolute atomic E-state index is 12.9. The van der Waals surface area contributed by atoms with Crippen LogP contribution in [0.15, 0.2) is 24.3 Å². The van der Waals surface area contributed by atoms with E-state index in [2.05, 4.69) is 5.32 Å². The zero-order valence-electron chi connectivity index (χ0n) is 19.3. The van der Waals surface area contributed by atoms with E-state index in [1.54, 1.807) is 24.3 Å². The van der Waals surface area contributed by atoms with Crippen LogP contribution >= 0.6 is 0 Å². The second kappa shape index (κ2) is 11.1. The van der Waals surface area contributed by atoms with Crippen LogP contribution in [-0.2, 0) is 9.59 Å². The number of nitrogens with one attached hydrogen (secondary N) is 1. The molecule has 2 unspecified atom stereocenters. The lowest BCUT2D eigenvalue weighted by molar-refractivity contribution is -0.122. The number of fused-ring (bicyclic) bond motifs is 1. The molecule has 32 heavy (non-hydrogen) atoms. The van der Waals surface area contributed by atoms with E-state index in [0.717, 1.165) is 38.5 Å². The quantitative estimate of drug-likeness (QED) is 0.609. The number of anilines is 1. The normalized spacial score (nSPS) is 26.2. The maximum atomic E-state index is 12.9. The highest BCUT2D eigenvalue weighted by Crippen LogP contribution is 2.40. The molecule has 1 saturated heterocycles. The average molecular weight is 439 g/mol. The van der Waals surface area contributed by atoms with Crippen LogP contribution in [0.5, 0.6) is 0 Å². The molecule has 3 amide bonds. The van der Waals surface area contributed by atoms with Gasteiger partial charge in [-0.25, -0.2) is 0 Å². The molecule has 4 rings (SSSR count). The predicted octanol–water partition coefficient (Wildman–Crippen LogP) is 5.77. The molecule has 3 fully saturated rings. The SMILES string of the molecule is O=C(NC1CCCCCCCCCCC1)c1ccc(N2C(=O)C3CCCCC3C2=O)cc1. The first kappa shape index (κ1) is 23.0. The van der Waals surface area contributed by atoms with Gasteiger partial charge in [0, 0.05) is 11.6 Å². The van der Waals surface area contributed by atoms with E-state index in [0.29, 0.717) is 11.3 Å². The first-order valence-corrected chi connectivity index (χ1v) is 12.9. The van der Waals surface area contributed by atoms with Crippen LogP contribution in [0.2, 0.25) is 0 Å². The molecule has 1 aliphatic heterocycles. The average Bonchev–Trinajstić information content (AvgIpc) is 3.06. The molecule has 2 saturated carbocycles. The minimum Gasteiger partial charge on any atom is -0.349 e. The highest BCUT2D eigenvalue weighted by molar-refractivity contribution is 6.22. The van der Waals surface area contributed by atoms with Crippen LogP contribution in [-0.4, -0.2) is 23.8 Å². The molecular formula is C27H38N2O3. The van der Waals surface area contributed by atoms with Crippen molar-refractivity contribution in [1.82, 2.24) is 5.32 Å². The Morgan fingerprint density at radius 2 is 1.09 bits per heavy atom. The van der Waals surface area contributed by atoms with Crippen molar-refractivity contribution in [1.29, 1.82) is 0 Å². The summed E-state index contributed by atoms with van der Waals surface area (Å²) in [4.78, 5) is 39.9. The van der Waals surface area contributed by atoms with Crippen molar-refractivity contribution in [2.45, 2.75) is 102 Å². The highest BCUT2D eigenvalue weighted by atomic mass is 16.2. The zero-order chi connectivity index (χ0) is 22.3. The monoisotopic (exact) mass is 438 g/mol. The summed E-state index contributed by atoms with van der Waals surface area (Å²) in [5.41, 5.74) is 1.19.